The Labute approximate surface area is 110 Å². The van der Waals surface area contributed by atoms with Crippen molar-refractivity contribution in [3.05, 3.63) is 40.0 Å². The molecule has 1 aromatic carbocycles. The monoisotopic (exact) mass is 264 g/mol. The molecule has 0 unspecified atom stereocenters. The second kappa shape index (κ2) is 4.86. The van der Waals surface area contributed by atoms with Gasteiger partial charge in [0.1, 0.15) is 5.75 Å². The molecule has 2 rings (SSSR count). The maximum absolute atomic E-state index is 13.8. The van der Waals surface area contributed by atoms with E-state index in [1.165, 1.54) is 0 Å². The molecule has 1 aromatic heterocycles. The van der Waals surface area contributed by atoms with Crippen molar-refractivity contribution >= 4 is 12.2 Å². The Kier molecular flexibility index (Phi) is 3.43. The minimum Gasteiger partial charge on any atom is -0.496 e. The van der Waals surface area contributed by atoms with Gasteiger partial charge in [0.05, 0.1) is 19.0 Å². The summed E-state index contributed by atoms with van der Waals surface area (Å²) < 4.78 is 19.3. The van der Waals surface area contributed by atoms with Crippen LogP contribution in [-0.4, -0.2) is 17.1 Å². The maximum Gasteiger partial charge on any atom is 0.197 e. The second-order valence-corrected chi connectivity index (χ2v) is 4.43. The highest BCUT2D eigenvalue weighted by Crippen LogP contribution is 2.29. The zero-order valence-corrected chi connectivity index (χ0v) is 11.2. The molecule has 0 amide bonds. The number of hydrogen-bond acceptors (Lipinski definition) is 3. The fourth-order valence-electron chi connectivity index (χ4n) is 1.85. The number of nitrogens with zero attached hydrogens (tertiary/aromatic N) is 1. The molecule has 1 heterocycles. The Morgan fingerprint density at radius 1 is 1.28 bits per heavy atom. The number of ether oxygens (including phenoxy) is 1. The van der Waals surface area contributed by atoms with Crippen LogP contribution in [0.3, 0.4) is 0 Å². The normalized spacial score (nSPS) is 10.4. The lowest BCUT2D eigenvalue weighted by Gasteiger charge is -2.11. The number of H-pyrrole nitrogens is 1. The number of methoxy groups -OCH3 is 1. The van der Waals surface area contributed by atoms with Crippen LogP contribution in [0.4, 0.5) is 4.39 Å². The Balaban J connectivity index is 2.68. The van der Waals surface area contributed by atoms with E-state index in [0.717, 1.165) is 28.6 Å². The number of halogens is 1. The molecule has 0 spiro atoms. The molecular formula is C13H13FN2OS. The van der Waals surface area contributed by atoms with Crippen molar-refractivity contribution in [3.63, 3.8) is 0 Å². The van der Waals surface area contributed by atoms with Crippen LogP contribution in [0.25, 0.3) is 11.3 Å². The summed E-state index contributed by atoms with van der Waals surface area (Å²) in [5.41, 5.74) is 2.97. The fourth-order valence-corrected chi connectivity index (χ4v) is 2.01. The Hall–Kier alpha value is -1.75. The molecule has 0 aliphatic carbocycles. The van der Waals surface area contributed by atoms with E-state index in [4.69, 9.17) is 17.0 Å². The van der Waals surface area contributed by atoms with Gasteiger partial charge in [-0.1, -0.05) is 0 Å². The number of aromatic nitrogens is 2. The lowest BCUT2D eigenvalue weighted by Crippen LogP contribution is -1.96. The summed E-state index contributed by atoms with van der Waals surface area (Å²) >= 11 is 4.93. The lowest BCUT2D eigenvalue weighted by molar-refractivity contribution is 0.411. The lowest BCUT2D eigenvalue weighted by atomic mass is 10.0. The van der Waals surface area contributed by atoms with E-state index in [2.05, 4.69) is 9.97 Å². The number of aromatic amines is 1. The van der Waals surface area contributed by atoms with E-state index >= 15 is 0 Å². The van der Waals surface area contributed by atoms with Crippen LogP contribution in [0, 0.1) is 24.4 Å². The minimum atomic E-state index is -0.420. The van der Waals surface area contributed by atoms with E-state index in [1.54, 1.807) is 7.11 Å². The predicted molar refractivity (Wildman–Crippen MR) is 70.8 cm³/mol. The molecule has 94 valence electrons. The van der Waals surface area contributed by atoms with Crippen molar-refractivity contribution in [2.24, 2.45) is 0 Å². The van der Waals surface area contributed by atoms with Crippen molar-refractivity contribution in [1.29, 1.82) is 0 Å². The van der Waals surface area contributed by atoms with Gasteiger partial charge in [0.25, 0.3) is 0 Å². The van der Waals surface area contributed by atoms with Crippen LogP contribution >= 0.6 is 12.2 Å². The van der Waals surface area contributed by atoms with Gasteiger partial charge in [0.2, 0.25) is 0 Å². The van der Waals surface area contributed by atoms with Gasteiger partial charge in [-0.25, -0.2) is 9.37 Å². The topological polar surface area (TPSA) is 37.9 Å². The van der Waals surface area contributed by atoms with Gasteiger partial charge in [-0.2, -0.15) is 0 Å². The van der Waals surface area contributed by atoms with Crippen molar-refractivity contribution in [1.82, 2.24) is 9.97 Å². The van der Waals surface area contributed by atoms with E-state index < -0.39 is 5.82 Å². The number of hydrogen-bond donors (Lipinski definition) is 1. The van der Waals surface area contributed by atoms with Crippen molar-refractivity contribution in [2.45, 2.75) is 13.8 Å². The van der Waals surface area contributed by atoms with Crippen LogP contribution in [0.5, 0.6) is 5.75 Å². The standard InChI is InChI=1S/C13H13FN2OS/c1-7-5-11(17-3)8(2)4-9(7)12-10(14)6-15-13(18)16-12/h4-6H,1-3H3,(H,15,16,18). The van der Waals surface area contributed by atoms with Gasteiger partial charge >= 0.3 is 0 Å². The molecule has 1 N–H and O–H groups in total. The average Bonchev–Trinajstić information content (AvgIpc) is 2.35. The molecule has 0 fully saturated rings. The van der Waals surface area contributed by atoms with E-state index in [9.17, 15) is 4.39 Å². The molecule has 0 saturated carbocycles. The number of aryl methyl sites for hydroxylation is 2. The molecule has 0 aliphatic heterocycles. The Morgan fingerprint density at radius 2 is 2.00 bits per heavy atom. The SMILES string of the molecule is COc1cc(C)c(-c2[nH]c(=S)ncc2F)cc1C. The minimum absolute atomic E-state index is 0.263. The molecule has 0 aliphatic rings. The first kappa shape index (κ1) is 12.7. The molecule has 5 heteroatoms. The summed E-state index contributed by atoms with van der Waals surface area (Å²) in [6.45, 7) is 3.81. The number of nitrogens with one attached hydrogen (secondary N) is 1. The van der Waals surface area contributed by atoms with Gasteiger partial charge in [-0.05, 0) is 49.3 Å². The summed E-state index contributed by atoms with van der Waals surface area (Å²) in [5, 5.41) is 0. The second-order valence-electron chi connectivity index (χ2n) is 4.05. The van der Waals surface area contributed by atoms with Gasteiger partial charge < -0.3 is 9.72 Å². The quantitative estimate of drug-likeness (QED) is 0.843. The number of rotatable bonds is 2. The van der Waals surface area contributed by atoms with Gasteiger partial charge in [0.15, 0.2) is 10.6 Å². The summed E-state index contributed by atoms with van der Waals surface area (Å²) in [5.74, 6) is 0.362. The molecule has 3 nitrogen and oxygen atoms in total. The first-order chi connectivity index (χ1) is 8.52. The predicted octanol–water partition coefficient (Wildman–Crippen LogP) is 3.57. The summed E-state index contributed by atoms with van der Waals surface area (Å²) in [6, 6.07) is 3.75. The third-order valence-corrected chi connectivity index (χ3v) is 2.98. The summed E-state index contributed by atoms with van der Waals surface area (Å²) in [7, 11) is 1.61. The van der Waals surface area contributed by atoms with Crippen molar-refractivity contribution < 1.29 is 9.13 Å². The molecule has 0 atom stereocenters. The molecular weight excluding hydrogens is 251 g/mol. The fraction of sp³-hybridized carbons (Fsp3) is 0.231. The number of benzene rings is 1. The van der Waals surface area contributed by atoms with Gasteiger partial charge in [-0.3, -0.25) is 0 Å². The van der Waals surface area contributed by atoms with Crippen molar-refractivity contribution in [3.8, 4) is 17.0 Å². The highest BCUT2D eigenvalue weighted by molar-refractivity contribution is 7.71. The highest BCUT2D eigenvalue weighted by Gasteiger charge is 2.11. The average molecular weight is 264 g/mol. The Morgan fingerprint density at radius 3 is 2.67 bits per heavy atom. The van der Waals surface area contributed by atoms with Gasteiger partial charge in [0, 0.05) is 5.56 Å². The van der Waals surface area contributed by atoms with Crippen LogP contribution in [0.2, 0.25) is 0 Å². The van der Waals surface area contributed by atoms with Crippen LogP contribution in [-0.2, 0) is 0 Å². The first-order valence-electron chi connectivity index (χ1n) is 5.43. The first-order valence-corrected chi connectivity index (χ1v) is 5.84. The molecule has 0 bridgehead atoms. The zero-order valence-electron chi connectivity index (χ0n) is 10.4. The third kappa shape index (κ3) is 2.26. The smallest absolute Gasteiger partial charge is 0.197 e. The van der Waals surface area contributed by atoms with Crippen molar-refractivity contribution in [2.75, 3.05) is 7.11 Å². The molecule has 0 saturated heterocycles. The van der Waals surface area contributed by atoms with Gasteiger partial charge in [-0.15, -0.1) is 0 Å². The Bertz CT molecular complexity index is 652. The summed E-state index contributed by atoms with van der Waals surface area (Å²) in [6.07, 6.45) is 1.13. The van der Waals surface area contributed by atoms with Crippen LogP contribution in [0.15, 0.2) is 18.3 Å². The van der Waals surface area contributed by atoms with Crippen LogP contribution in [0.1, 0.15) is 11.1 Å². The van der Waals surface area contributed by atoms with E-state index in [-0.39, 0.29) is 4.77 Å². The third-order valence-electron chi connectivity index (χ3n) is 2.78. The van der Waals surface area contributed by atoms with E-state index in [1.807, 2.05) is 26.0 Å². The van der Waals surface area contributed by atoms with E-state index in [0.29, 0.717) is 5.69 Å². The van der Waals surface area contributed by atoms with Crippen LogP contribution < -0.4 is 4.74 Å². The summed E-state index contributed by atoms with van der Waals surface area (Å²) in [4.78, 5) is 6.50. The highest BCUT2D eigenvalue weighted by atomic mass is 32.1. The molecule has 2 aromatic rings. The zero-order chi connectivity index (χ0) is 13.3. The molecule has 0 radical (unpaired) electrons. The largest absolute Gasteiger partial charge is 0.496 e. The molecule has 18 heavy (non-hydrogen) atoms. The maximum atomic E-state index is 13.8.